The molecular formula is C9H18O2. The second-order valence-corrected chi connectivity index (χ2v) is 3.31. The molecule has 1 atom stereocenters. The van der Waals surface area contributed by atoms with Gasteiger partial charge in [-0.05, 0) is 18.8 Å². The average molecular weight is 158 g/mol. The molecule has 0 radical (unpaired) electrons. The largest absolute Gasteiger partial charge is 0.385 e. The van der Waals surface area contributed by atoms with Crippen molar-refractivity contribution in [2.45, 2.75) is 46.1 Å². The highest BCUT2D eigenvalue weighted by atomic mass is 16.3. The number of hydrogen-bond donors (Lipinski definition) is 1. The molecule has 0 heterocycles. The van der Waals surface area contributed by atoms with E-state index in [0.29, 0.717) is 18.8 Å². The lowest BCUT2D eigenvalue weighted by Crippen LogP contribution is -2.19. The molecule has 0 bridgehead atoms. The molecule has 0 fully saturated rings. The lowest BCUT2D eigenvalue weighted by molar-refractivity contribution is -0.127. The molecule has 2 nitrogen and oxygen atoms in total. The van der Waals surface area contributed by atoms with Gasteiger partial charge in [-0.2, -0.15) is 0 Å². The molecular weight excluding hydrogens is 140 g/mol. The van der Waals surface area contributed by atoms with Crippen LogP contribution in [0.2, 0.25) is 0 Å². The van der Waals surface area contributed by atoms with Gasteiger partial charge in [0.2, 0.25) is 0 Å². The van der Waals surface area contributed by atoms with Crippen LogP contribution in [0.4, 0.5) is 0 Å². The summed E-state index contributed by atoms with van der Waals surface area (Å²) < 4.78 is 0. The number of carbonyl (C=O) groups is 1. The van der Waals surface area contributed by atoms with Crippen LogP contribution in [-0.2, 0) is 4.79 Å². The zero-order valence-electron chi connectivity index (χ0n) is 7.63. The summed E-state index contributed by atoms with van der Waals surface area (Å²) in [6.07, 6.45) is 1.26. The monoisotopic (exact) mass is 158 g/mol. The van der Waals surface area contributed by atoms with E-state index in [2.05, 4.69) is 13.8 Å². The van der Waals surface area contributed by atoms with Crippen molar-refractivity contribution in [3.8, 4) is 0 Å². The predicted octanol–water partition coefficient (Wildman–Crippen LogP) is 1.76. The molecule has 0 aliphatic carbocycles. The highest BCUT2D eigenvalue weighted by Gasteiger charge is 2.12. The van der Waals surface area contributed by atoms with E-state index in [1.54, 1.807) is 6.92 Å². The molecule has 0 aliphatic rings. The number of ketones is 1. The Kier molecular flexibility index (Phi) is 5.12. The zero-order chi connectivity index (χ0) is 8.85. The van der Waals surface area contributed by atoms with E-state index in [9.17, 15) is 9.90 Å². The van der Waals surface area contributed by atoms with Crippen LogP contribution >= 0.6 is 0 Å². The molecule has 2 heteroatoms. The summed E-state index contributed by atoms with van der Waals surface area (Å²) in [5.41, 5.74) is 0. The summed E-state index contributed by atoms with van der Waals surface area (Å²) in [4.78, 5) is 10.9. The fraction of sp³-hybridized carbons (Fsp3) is 0.889. The molecule has 0 amide bonds. The van der Waals surface area contributed by atoms with E-state index in [1.807, 2.05) is 0 Å². The minimum absolute atomic E-state index is 0.0364. The Morgan fingerprint density at radius 2 is 1.91 bits per heavy atom. The molecule has 1 unspecified atom stereocenters. The quantitative estimate of drug-likeness (QED) is 0.662. The molecule has 0 spiro atoms. The molecule has 11 heavy (non-hydrogen) atoms. The van der Waals surface area contributed by atoms with Crippen molar-refractivity contribution in [1.82, 2.24) is 0 Å². The maximum Gasteiger partial charge on any atom is 0.160 e. The molecule has 0 aromatic rings. The molecule has 66 valence electrons. The molecule has 0 saturated heterocycles. The minimum atomic E-state index is -0.720. The number of aliphatic hydroxyl groups is 1. The summed E-state index contributed by atoms with van der Waals surface area (Å²) in [5, 5.41) is 9.22. The van der Waals surface area contributed by atoms with Gasteiger partial charge in [0.15, 0.2) is 5.78 Å². The van der Waals surface area contributed by atoms with Crippen LogP contribution in [0.15, 0.2) is 0 Å². The maximum absolute atomic E-state index is 10.9. The standard InChI is InChI=1S/C9H18O2/c1-4-8(10)9(11)6-5-7(2)3/h7,9,11H,4-6H2,1-3H3. The van der Waals surface area contributed by atoms with Crippen molar-refractivity contribution >= 4 is 5.78 Å². The molecule has 0 aromatic heterocycles. The van der Waals surface area contributed by atoms with Crippen LogP contribution < -0.4 is 0 Å². The number of rotatable bonds is 5. The Bertz CT molecular complexity index is 119. The van der Waals surface area contributed by atoms with E-state index in [4.69, 9.17) is 0 Å². The van der Waals surface area contributed by atoms with Crippen molar-refractivity contribution in [3.05, 3.63) is 0 Å². The van der Waals surface area contributed by atoms with Crippen molar-refractivity contribution in [2.24, 2.45) is 5.92 Å². The van der Waals surface area contributed by atoms with E-state index in [0.717, 1.165) is 6.42 Å². The van der Waals surface area contributed by atoms with Crippen LogP contribution in [0.3, 0.4) is 0 Å². The highest BCUT2D eigenvalue weighted by molar-refractivity contribution is 5.82. The smallest absolute Gasteiger partial charge is 0.160 e. The Hall–Kier alpha value is -0.370. The first-order valence-corrected chi connectivity index (χ1v) is 4.28. The van der Waals surface area contributed by atoms with Crippen LogP contribution in [0.1, 0.15) is 40.0 Å². The summed E-state index contributed by atoms with van der Waals surface area (Å²) in [5.74, 6) is 0.528. The van der Waals surface area contributed by atoms with Crippen molar-refractivity contribution in [1.29, 1.82) is 0 Å². The minimum Gasteiger partial charge on any atom is -0.385 e. The number of hydrogen-bond acceptors (Lipinski definition) is 2. The second-order valence-electron chi connectivity index (χ2n) is 3.31. The SMILES string of the molecule is CCC(=O)C(O)CCC(C)C. The first-order valence-electron chi connectivity index (χ1n) is 4.28. The summed E-state index contributed by atoms with van der Waals surface area (Å²) in [7, 11) is 0. The van der Waals surface area contributed by atoms with Gasteiger partial charge >= 0.3 is 0 Å². The third kappa shape index (κ3) is 4.96. The van der Waals surface area contributed by atoms with E-state index in [1.165, 1.54) is 0 Å². The lowest BCUT2D eigenvalue weighted by atomic mass is 10.0. The Morgan fingerprint density at radius 1 is 1.36 bits per heavy atom. The third-order valence-electron chi connectivity index (χ3n) is 1.74. The molecule has 0 rings (SSSR count). The Morgan fingerprint density at radius 3 is 2.27 bits per heavy atom. The molecule has 0 saturated carbocycles. The van der Waals surface area contributed by atoms with E-state index < -0.39 is 6.10 Å². The molecule has 0 aromatic carbocycles. The van der Waals surface area contributed by atoms with Crippen LogP contribution in [-0.4, -0.2) is 17.0 Å². The van der Waals surface area contributed by atoms with Gasteiger partial charge in [0.25, 0.3) is 0 Å². The lowest BCUT2D eigenvalue weighted by Gasteiger charge is -2.09. The van der Waals surface area contributed by atoms with Gasteiger partial charge in [0.05, 0.1) is 0 Å². The van der Waals surface area contributed by atoms with E-state index >= 15 is 0 Å². The normalized spacial score (nSPS) is 13.5. The van der Waals surface area contributed by atoms with Gasteiger partial charge < -0.3 is 5.11 Å². The Balaban J connectivity index is 3.52. The van der Waals surface area contributed by atoms with Crippen molar-refractivity contribution in [3.63, 3.8) is 0 Å². The topological polar surface area (TPSA) is 37.3 Å². The predicted molar refractivity (Wildman–Crippen MR) is 45.4 cm³/mol. The van der Waals surface area contributed by atoms with Gasteiger partial charge in [0.1, 0.15) is 6.10 Å². The fourth-order valence-electron chi connectivity index (χ4n) is 0.888. The van der Waals surface area contributed by atoms with Gasteiger partial charge in [-0.15, -0.1) is 0 Å². The fourth-order valence-corrected chi connectivity index (χ4v) is 0.888. The molecule has 0 aliphatic heterocycles. The summed E-state index contributed by atoms with van der Waals surface area (Å²) >= 11 is 0. The molecule has 1 N–H and O–H groups in total. The third-order valence-corrected chi connectivity index (χ3v) is 1.74. The van der Waals surface area contributed by atoms with Gasteiger partial charge in [-0.1, -0.05) is 20.8 Å². The summed E-state index contributed by atoms with van der Waals surface area (Å²) in [6.45, 7) is 5.95. The van der Waals surface area contributed by atoms with E-state index in [-0.39, 0.29) is 5.78 Å². The van der Waals surface area contributed by atoms with Gasteiger partial charge in [-0.3, -0.25) is 4.79 Å². The maximum atomic E-state index is 10.9. The van der Waals surface area contributed by atoms with Gasteiger partial charge in [-0.25, -0.2) is 0 Å². The van der Waals surface area contributed by atoms with Crippen LogP contribution in [0, 0.1) is 5.92 Å². The van der Waals surface area contributed by atoms with Gasteiger partial charge in [0, 0.05) is 6.42 Å². The number of aliphatic hydroxyl groups excluding tert-OH is 1. The van der Waals surface area contributed by atoms with Crippen LogP contribution in [0.25, 0.3) is 0 Å². The zero-order valence-corrected chi connectivity index (χ0v) is 7.63. The van der Waals surface area contributed by atoms with Crippen molar-refractivity contribution < 1.29 is 9.90 Å². The first-order chi connectivity index (χ1) is 5.07. The summed E-state index contributed by atoms with van der Waals surface area (Å²) in [6, 6.07) is 0. The number of carbonyl (C=O) groups excluding carboxylic acids is 1. The second kappa shape index (κ2) is 5.30. The Labute approximate surface area is 68.6 Å². The number of Topliss-reactive ketones (excluding diaryl/α,β-unsaturated/α-hetero) is 1. The highest BCUT2D eigenvalue weighted by Crippen LogP contribution is 2.07. The average Bonchev–Trinajstić information content (AvgIpc) is 1.98. The first kappa shape index (κ1) is 10.6. The van der Waals surface area contributed by atoms with Crippen LogP contribution in [0.5, 0.6) is 0 Å². The van der Waals surface area contributed by atoms with Crippen molar-refractivity contribution in [2.75, 3.05) is 0 Å².